The van der Waals surface area contributed by atoms with Crippen molar-refractivity contribution in [1.29, 1.82) is 0 Å². The number of urea groups is 1. The van der Waals surface area contributed by atoms with Crippen LogP contribution < -0.4 is 16.0 Å². The third kappa shape index (κ3) is 4.13. The summed E-state index contributed by atoms with van der Waals surface area (Å²) in [4.78, 5) is 22.7. The minimum absolute atomic E-state index is 0.174. The molecular weight excluding hydrogens is 326 g/mol. The molecule has 0 atom stereocenters. The molecule has 0 spiro atoms. The number of nitrogens with one attached hydrogen (secondary N) is 3. The first-order valence-electron chi connectivity index (χ1n) is 5.74. The summed E-state index contributed by atoms with van der Waals surface area (Å²) in [6.07, 6.45) is 0. The zero-order valence-corrected chi connectivity index (χ0v) is 12.2. The molecule has 0 aliphatic rings. The van der Waals surface area contributed by atoms with Gasteiger partial charge >= 0.3 is 6.03 Å². The first-order chi connectivity index (χ1) is 9.52. The average molecular weight is 338 g/mol. The maximum atomic E-state index is 11.7. The van der Waals surface area contributed by atoms with Gasteiger partial charge in [-0.1, -0.05) is 6.07 Å². The van der Waals surface area contributed by atoms with Crippen molar-refractivity contribution in [2.24, 2.45) is 0 Å². The molecule has 3 amide bonds. The maximum Gasteiger partial charge on any atom is 0.326 e. The minimum Gasteiger partial charge on any atom is -0.434 e. The molecule has 6 nitrogen and oxygen atoms in total. The van der Waals surface area contributed by atoms with Crippen LogP contribution in [-0.2, 0) is 4.79 Å². The van der Waals surface area contributed by atoms with E-state index in [9.17, 15) is 9.59 Å². The van der Waals surface area contributed by atoms with Gasteiger partial charge in [-0.2, -0.15) is 0 Å². The summed E-state index contributed by atoms with van der Waals surface area (Å²) in [6, 6.07) is 9.68. The molecule has 3 N–H and O–H groups in total. The van der Waals surface area contributed by atoms with Gasteiger partial charge in [0.05, 0.1) is 0 Å². The topological polar surface area (TPSA) is 83.4 Å². The van der Waals surface area contributed by atoms with Crippen LogP contribution in [0.25, 0.3) is 0 Å². The monoisotopic (exact) mass is 337 g/mol. The minimum atomic E-state index is -0.438. The van der Waals surface area contributed by atoms with E-state index in [1.165, 1.54) is 6.92 Å². The Kier molecular flexibility index (Phi) is 4.41. The molecule has 0 bridgehead atoms. The molecule has 0 unspecified atom stereocenters. The van der Waals surface area contributed by atoms with Gasteiger partial charge in [0, 0.05) is 24.4 Å². The van der Waals surface area contributed by atoms with Crippen LogP contribution in [0.15, 0.2) is 45.5 Å². The van der Waals surface area contributed by atoms with E-state index in [0.29, 0.717) is 21.9 Å². The Morgan fingerprint density at radius 3 is 2.35 bits per heavy atom. The third-order valence-electron chi connectivity index (χ3n) is 2.25. The first-order valence-corrected chi connectivity index (χ1v) is 6.53. The number of halogens is 1. The Hall–Kier alpha value is -2.28. The molecule has 1 heterocycles. The maximum absolute atomic E-state index is 11.7. The van der Waals surface area contributed by atoms with Gasteiger partial charge in [-0.15, -0.1) is 0 Å². The van der Waals surface area contributed by atoms with Crippen molar-refractivity contribution in [3.8, 4) is 0 Å². The zero-order chi connectivity index (χ0) is 14.5. The summed E-state index contributed by atoms with van der Waals surface area (Å²) >= 11 is 3.14. The van der Waals surface area contributed by atoms with Crippen LogP contribution in [0.3, 0.4) is 0 Å². The number of rotatable bonds is 3. The Bertz CT molecular complexity index is 639. The lowest BCUT2D eigenvalue weighted by Gasteiger charge is -2.07. The van der Waals surface area contributed by atoms with Crippen LogP contribution in [0, 0.1) is 0 Å². The fourth-order valence-electron chi connectivity index (χ4n) is 1.53. The molecule has 0 saturated carbocycles. The van der Waals surface area contributed by atoms with Gasteiger partial charge in [0.15, 0.2) is 4.67 Å². The molecule has 104 valence electrons. The van der Waals surface area contributed by atoms with E-state index in [4.69, 9.17) is 4.42 Å². The summed E-state index contributed by atoms with van der Waals surface area (Å²) in [6.45, 7) is 1.42. The first kappa shape index (κ1) is 14.1. The van der Waals surface area contributed by atoms with Gasteiger partial charge in [0.2, 0.25) is 11.8 Å². The predicted octanol–water partition coefficient (Wildman–Crippen LogP) is 3.64. The Morgan fingerprint density at radius 1 is 1.05 bits per heavy atom. The normalized spacial score (nSPS) is 9.90. The molecule has 0 radical (unpaired) electrons. The number of furan rings is 1. The molecule has 0 saturated heterocycles. The standard InChI is InChI=1S/C13H12BrN3O3/c1-8(18)15-9-3-2-4-10(7-9)16-13(19)17-12-6-5-11(14)20-12/h2-7H,1H3,(H,15,18)(H2,16,17,19). The van der Waals surface area contributed by atoms with Crippen molar-refractivity contribution in [3.63, 3.8) is 0 Å². The molecule has 7 heteroatoms. The van der Waals surface area contributed by atoms with Crippen LogP contribution in [0.2, 0.25) is 0 Å². The molecule has 1 aromatic carbocycles. The summed E-state index contributed by atoms with van der Waals surface area (Å²) < 4.78 is 5.68. The number of carbonyl (C=O) groups is 2. The second-order valence-corrected chi connectivity index (χ2v) is 4.73. The van der Waals surface area contributed by atoms with Gasteiger partial charge < -0.3 is 15.1 Å². The van der Waals surface area contributed by atoms with Crippen LogP contribution in [0.1, 0.15) is 6.92 Å². The quantitative estimate of drug-likeness (QED) is 0.799. The molecule has 20 heavy (non-hydrogen) atoms. The third-order valence-corrected chi connectivity index (χ3v) is 2.68. The molecular formula is C13H12BrN3O3. The highest BCUT2D eigenvalue weighted by atomic mass is 79.9. The highest BCUT2D eigenvalue weighted by Gasteiger charge is 2.06. The molecule has 1 aromatic heterocycles. The summed E-state index contributed by atoms with van der Waals surface area (Å²) in [7, 11) is 0. The van der Waals surface area contributed by atoms with E-state index in [-0.39, 0.29) is 5.91 Å². The van der Waals surface area contributed by atoms with Crippen molar-refractivity contribution in [2.45, 2.75) is 6.92 Å². The lowest BCUT2D eigenvalue weighted by atomic mass is 10.3. The molecule has 0 fully saturated rings. The number of carbonyl (C=O) groups excluding carboxylic acids is 2. The van der Waals surface area contributed by atoms with Crippen molar-refractivity contribution < 1.29 is 14.0 Å². The van der Waals surface area contributed by atoms with Gasteiger partial charge in [-0.25, -0.2) is 4.79 Å². The SMILES string of the molecule is CC(=O)Nc1cccc(NC(=O)Nc2ccc(Br)o2)c1. The van der Waals surface area contributed by atoms with Gasteiger partial charge in [0.25, 0.3) is 0 Å². The number of hydrogen-bond acceptors (Lipinski definition) is 3. The van der Waals surface area contributed by atoms with Crippen LogP contribution in [-0.4, -0.2) is 11.9 Å². The fraction of sp³-hybridized carbons (Fsp3) is 0.0769. The lowest BCUT2D eigenvalue weighted by Crippen LogP contribution is -2.19. The van der Waals surface area contributed by atoms with E-state index < -0.39 is 6.03 Å². The van der Waals surface area contributed by atoms with Gasteiger partial charge in [0.1, 0.15) is 0 Å². The van der Waals surface area contributed by atoms with E-state index in [0.717, 1.165) is 0 Å². The molecule has 0 aliphatic heterocycles. The van der Waals surface area contributed by atoms with Crippen LogP contribution in [0.5, 0.6) is 0 Å². The number of anilines is 3. The van der Waals surface area contributed by atoms with Gasteiger partial charge in [-0.05, 0) is 40.2 Å². The zero-order valence-electron chi connectivity index (χ0n) is 10.6. The van der Waals surface area contributed by atoms with Crippen molar-refractivity contribution in [1.82, 2.24) is 0 Å². The van der Waals surface area contributed by atoms with Crippen molar-refractivity contribution in [3.05, 3.63) is 41.1 Å². The van der Waals surface area contributed by atoms with E-state index >= 15 is 0 Å². The Labute approximate surface area is 123 Å². The summed E-state index contributed by atoms with van der Waals surface area (Å²) in [5.41, 5.74) is 1.16. The summed E-state index contributed by atoms with van der Waals surface area (Å²) in [5, 5.41) is 7.81. The predicted molar refractivity (Wildman–Crippen MR) is 79.8 cm³/mol. The number of benzene rings is 1. The van der Waals surface area contributed by atoms with Gasteiger partial charge in [-0.3, -0.25) is 10.1 Å². The second kappa shape index (κ2) is 6.25. The molecule has 2 aromatic rings. The van der Waals surface area contributed by atoms with Crippen molar-refractivity contribution in [2.75, 3.05) is 16.0 Å². The lowest BCUT2D eigenvalue weighted by molar-refractivity contribution is -0.114. The number of amides is 3. The highest BCUT2D eigenvalue weighted by Crippen LogP contribution is 2.19. The second-order valence-electron chi connectivity index (χ2n) is 3.94. The van der Waals surface area contributed by atoms with Crippen LogP contribution in [0.4, 0.5) is 22.1 Å². The van der Waals surface area contributed by atoms with E-state index in [1.807, 2.05) is 0 Å². The number of hydrogen-bond donors (Lipinski definition) is 3. The van der Waals surface area contributed by atoms with E-state index in [2.05, 4.69) is 31.9 Å². The molecule has 0 aliphatic carbocycles. The fourth-order valence-corrected chi connectivity index (χ4v) is 1.84. The smallest absolute Gasteiger partial charge is 0.326 e. The Balaban J connectivity index is 1.98. The van der Waals surface area contributed by atoms with Crippen molar-refractivity contribution >= 4 is 45.1 Å². The van der Waals surface area contributed by atoms with E-state index in [1.54, 1.807) is 36.4 Å². The highest BCUT2D eigenvalue weighted by molar-refractivity contribution is 9.10. The Morgan fingerprint density at radius 2 is 1.75 bits per heavy atom. The average Bonchev–Trinajstić information content (AvgIpc) is 2.74. The largest absolute Gasteiger partial charge is 0.434 e. The molecule has 2 rings (SSSR count). The van der Waals surface area contributed by atoms with Crippen LogP contribution >= 0.6 is 15.9 Å². The summed E-state index contributed by atoms with van der Waals surface area (Å²) in [5.74, 6) is 0.152.